The largest absolute Gasteiger partial charge is 0.352 e. The number of thiazole rings is 1. The summed E-state index contributed by atoms with van der Waals surface area (Å²) in [5, 5.41) is 7.88. The van der Waals surface area contributed by atoms with Crippen LogP contribution in [0, 0.1) is 5.41 Å². The van der Waals surface area contributed by atoms with Gasteiger partial charge in [0, 0.05) is 29.7 Å². The molecule has 0 bridgehead atoms. The first-order valence-electron chi connectivity index (χ1n) is 7.26. The summed E-state index contributed by atoms with van der Waals surface area (Å²) in [5.74, 6) is -0.215. The Morgan fingerprint density at radius 1 is 1.30 bits per heavy atom. The first-order valence-corrected chi connectivity index (χ1v) is 8.14. The maximum absolute atomic E-state index is 11.9. The number of hydrogen-bond donors (Lipinski definition) is 2. The molecule has 0 fully saturated rings. The average Bonchev–Trinajstić information content (AvgIpc) is 2.92. The molecule has 0 saturated carbocycles. The Morgan fingerprint density at radius 3 is 2.74 bits per heavy atom. The Kier molecular flexibility index (Phi) is 5.44. The molecule has 7 heteroatoms. The van der Waals surface area contributed by atoms with E-state index in [2.05, 4.69) is 20.6 Å². The smallest absolute Gasteiger partial charge is 0.231 e. The van der Waals surface area contributed by atoms with E-state index in [0.29, 0.717) is 17.4 Å². The third kappa shape index (κ3) is 5.45. The maximum Gasteiger partial charge on any atom is 0.231 e. The van der Waals surface area contributed by atoms with Gasteiger partial charge in [0.05, 0.1) is 12.1 Å². The Hall–Kier alpha value is -2.28. The Balaban J connectivity index is 1.84. The normalized spacial score (nSPS) is 11.1. The predicted molar refractivity (Wildman–Crippen MR) is 90.0 cm³/mol. The van der Waals surface area contributed by atoms with E-state index in [1.807, 2.05) is 32.9 Å². The number of aromatic nitrogens is 2. The number of nitrogens with zero attached hydrogens (tertiary/aromatic N) is 2. The highest BCUT2D eigenvalue weighted by Gasteiger charge is 2.22. The van der Waals surface area contributed by atoms with Gasteiger partial charge in [-0.15, -0.1) is 11.3 Å². The second-order valence-electron chi connectivity index (χ2n) is 6.16. The van der Waals surface area contributed by atoms with Gasteiger partial charge in [-0.25, -0.2) is 4.98 Å². The molecule has 0 aliphatic rings. The van der Waals surface area contributed by atoms with Crippen molar-refractivity contribution < 1.29 is 9.59 Å². The van der Waals surface area contributed by atoms with Gasteiger partial charge in [0.25, 0.3) is 0 Å². The quantitative estimate of drug-likeness (QED) is 0.880. The van der Waals surface area contributed by atoms with Crippen molar-refractivity contribution in [3.8, 4) is 0 Å². The molecule has 0 atom stereocenters. The number of carbonyl (C=O) groups is 2. The van der Waals surface area contributed by atoms with Gasteiger partial charge in [0.15, 0.2) is 5.13 Å². The van der Waals surface area contributed by atoms with E-state index < -0.39 is 5.41 Å². The van der Waals surface area contributed by atoms with Crippen molar-refractivity contribution in [2.45, 2.75) is 33.7 Å². The fraction of sp³-hybridized carbons (Fsp3) is 0.375. The van der Waals surface area contributed by atoms with E-state index in [9.17, 15) is 9.59 Å². The molecule has 2 N–H and O–H groups in total. The monoisotopic (exact) mass is 332 g/mol. The highest BCUT2D eigenvalue weighted by atomic mass is 32.1. The van der Waals surface area contributed by atoms with Crippen molar-refractivity contribution in [1.82, 2.24) is 15.3 Å². The Labute approximate surface area is 139 Å². The molecule has 2 rings (SSSR count). The Morgan fingerprint density at radius 2 is 2.09 bits per heavy atom. The number of pyridine rings is 1. The average molecular weight is 332 g/mol. The van der Waals surface area contributed by atoms with Gasteiger partial charge in [-0.1, -0.05) is 26.8 Å². The van der Waals surface area contributed by atoms with Crippen LogP contribution in [0.5, 0.6) is 0 Å². The van der Waals surface area contributed by atoms with Crippen molar-refractivity contribution in [1.29, 1.82) is 0 Å². The molecule has 2 heterocycles. The first-order chi connectivity index (χ1) is 10.8. The molecule has 2 aromatic heterocycles. The van der Waals surface area contributed by atoms with Crippen molar-refractivity contribution in [2.75, 3.05) is 5.32 Å². The van der Waals surface area contributed by atoms with Gasteiger partial charge < -0.3 is 10.6 Å². The number of carbonyl (C=O) groups excluding carboxylic acids is 2. The van der Waals surface area contributed by atoms with Gasteiger partial charge >= 0.3 is 0 Å². The van der Waals surface area contributed by atoms with Gasteiger partial charge in [-0.3, -0.25) is 14.6 Å². The lowest BCUT2D eigenvalue weighted by atomic mass is 9.96. The molecular weight excluding hydrogens is 312 g/mol. The van der Waals surface area contributed by atoms with Crippen LogP contribution in [0.2, 0.25) is 0 Å². The molecule has 122 valence electrons. The fourth-order valence-corrected chi connectivity index (χ4v) is 2.37. The maximum atomic E-state index is 11.9. The topological polar surface area (TPSA) is 84.0 Å². The first kappa shape index (κ1) is 17.1. The third-order valence-electron chi connectivity index (χ3n) is 3.01. The summed E-state index contributed by atoms with van der Waals surface area (Å²) in [6.45, 7) is 5.94. The van der Waals surface area contributed by atoms with E-state index in [1.54, 1.807) is 17.8 Å². The SMILES string of the molecule is CC(C)(C)C(=O)Nc1nc(CC(=O)NCc2cccnc2)cs1. The van der Waals surface area contributed by atoms with Crippen LogP contribution in [0.25, 0.3) is 0 Å². The number of nitrogens with one attached hydrogen (secondary N) is 2. The number of amides is 2. The number of anilines is 1. The molecule has 2 amide bonds. The lowest BCUT2D eigenvalue weighted by Crippen LogP contribution is -2.27. The summed E-state index contributed by atoms with van der Waals surface area (Å²) >= 11 is 1.32. The highest BCUT2D eigenvalue weighted by Crippen LogP contribution is 2.20. The molecule has 0 radical (unpaired) electrons. The summed E-state index contributed by atoms with van der Waals surface area (Å²) in [6.07, 6.45) is 3.58. The van der Waals surface area contributed by atoms with Crippen molar-refractivity contribution >= 4 is 28.3 Å². The van der Waals surface area contributed by atoms with Crippen LogP contribution in [0.15, 0.2) is 29.9 Å². The lowest BCUT2D eigenvalue weighted by molar-refractivity contribution is -0.123. The number of rotatable bonds is 5. The van der Waals surface area contributed by atoms with Crippen molar-refractivity contribution in [3.05, 3.63) is 41.2 Å². The molecule has 0 aliphatic carbocycles. The molecule has 2 aromatic rings. The molecule has 6 nitrogen and oxygen atoms in total. The molecule has 0 aromatic carbocycles. The van der Waals surface area contributed by atoms with E-state index in [-0.39, 0.29) is 18.2 Å². The minimum atomic E-state index is -0.479. The molecular formula is C16H20N4O2S. The van der Waals surface area contributed by atoms with E-state index in [1.165, 1.54) is 11.3 Å². The van der Waals surface area contributed by atoms with Crippen LogP contribution in [0.1, 0.15) is 32.0 Å². The zero-order chi connectivity index (χ0) is 16.9. The molecule has 0 saturated heterocycles. The molecule has 0 spiro atoms. The van der Waals surface area contributed by atoms with Gasteiger partial charge in [-0.05, 0) is 11.6 Å². The van der Waals surface area contributed by atoms with Gasteiger partial charge in [-0.2, -0.15) is 0 Å². The summed E-state index contributed by atoms with van der Waals surface area (Å²) < 4.78 is 0. The molecule has 0 unspecified atom stereocenters. The minimum absolute atomic E-state index is 0.0978. The minimum Gasteiger partial charge on any atom is -0.352 e. The van der Waals surface area contributed by atoms with E-state index in [4.69, 9.17) is 0 Å². The second kappa shape index (κ2) is 7.32. The van der Waals surface area contributed by atoms with Crippen LogP contribution >= 0.6 is 11.3 Å². The second-order valence-corrected chi connectivity index (χ2v) is 7.02. The standard InChI is InChI=1S/C16H20N4O2S/c1-16(2,3)14(22)20-15-19-12(10-23-15)7-13(21)18-9-11-5-4-6-17-8-11/h4-6,8,10H,7,9H2,1-3H3,(H,18,21)(H,19,20,22). The Bertz CT molecular complexity index is 677. The van der Waals surface area contributed by atoms with Crippen LogP contribution in [0.4, 0.5) is 5.13 Å². The summed E-state index contributed by atoms with van der Waals surface area (Å²) in [7, 11) is 0. The highest BCUT2D eigenvalue weighted by molar-refractivity contribution is 7.13. The van der Waals surface area contributed by atoms with Crippen molar-refractivity contribution in [2.24, 2.45) is 5.41 Å². The summed E-state index contributed by atoms with van der Waals surface area (Å²) in [5.41, 5.74) is 1.10. The van der Waals surface area contributed by atoms with E-state index >= 15 is 0 Å². The van der Waals surface area contributed by atoms with Gasteiger partial charge in [0.1, 0.15) is 0 Å². The zero-order valence-electron chi connectivity index (χ0n) is 13.4. The summed E-state index contributed by atoms with van der Waals surface area (Å²) in [6, 6.07) is 3.72. The van der Waals surface area contributed by atoms with Crippen LogP contribution in [0.3, 0.4) is 0 Å². The van der Waals surface area contributed by atoms with Crippen molar-refractivity contribution in [3.63, 3.8) is 0 Å². The predicted octanol–water partition coefficient (Wildman–Crippen LogP) is 2.38. The number of hydrogen-bond acceptors (Lipinski definition) is 5. The van der Waals surface area contributed by atoms with Crippen LogP contribution < -0.4 is 10.6 Å². The van der Waals surface area contributed by atoms with E-state index in [0.717, 1.165) is 5.56 Å². The third-order valence-corrected chi connectivity index (χ3v) is 3.81. The lowest BCUT2D eigenvalue weighted by Gasteiger charge is -2.15. The fourth-order valence-electron chi connectivity index (χ4n) is 1.66. The van der Waals surface area contributed by atoms with Crippen LogP contribution in [-0.4, -0.2) is 21.8 Å². The molecule has 0 aliphatic heterocycles. The summed E-state index contributed by atoms with van der Waals surface area (Å²) in [4.78, 5) is 32.1. The molecule has 23 heavy (non-hydrogen) atoms. The van der Waals surface area contributed by atoms with Crippen LogP contribution in [-0.2, 0) is 22.6 Å². The zero-order valence-corrected chi connectivity index (χ0v) is 14.2. The van der Waals surface area contributed by atoms with Gasteiger partial charge in [0.2, 0.25) is 11.8 Å².